The summed E-state index contributed by atoms with van der Waals surface area (Å²) in [5, 5.41) is 19.2. The van der Waals surface area contributed by atoms with Crippen molar-refractivity contribution < 1.29 is 28.6 Å². The lowest BCUT2D eigenvalue weighted by Crippen LogP contribution is -2.45. The third-order valence-corrected chi connectivity index (χ3v) is 8.12. The van der Waals surface area contributed by atoms with Gasteiger partial charge in [-0.25, -0.2) is 4.39 Å². The largest absolute Gasteiger partial charge is 0.506 e. The molecule has 0 atom stereocenters. The third-order valence-electron chi connectivity index (χ3n) is 8.12. The van der Waals surface area contributed by atoms with Gasteiger partial charge in [-0.1, -0.05) is 31.4 Å². The zero-order valence-corrected chi connectivity index (χ0v) is 26.4. The number of carbonyl (C=O) groups is 2. The van der Waals surface area contributed by atoms with E-state index in [0.717, 1.165) is 47.9 Å². The standard InChI is InChI=1S/C34H46FN5O5/c1-36-21-27(22-37-2)26-18-24(19-28(35)20-26)11-16-44-17-12-32(43)40(29-6-4-3-5-7-29)15-14-38-13-10-25-8-9-30(41)33-34(25)45-23-31(42)39-33/h8-9,18-22,29,36,38,41H,3-7,10-17,23H2,1-2H3,(H,39,42)/b27-21+,37-22-. The first-order chi connectivity index (χ1) is 21.9. The molecule has 0 bridgehead atoms. The number of halogens is 1. The van der Waals surface area contributed by atoms with Gasteiger partial charge in [0.05, 0.1) is 19.6 Å². The number of allylic oxidation sites excluding steroid dienone is 1. The van der Waals surface area contributed by atoms with Gasteiger partial charge in [0.25, 0.3) is 5.91 Å². The van der Waals surface area contributed by atoms with E-state index in [4.69, 9.17) is 9.47 Å². The zero-order chi connectivity index (χ0) is 32.0. The van der Waals surface area contributed by atoms with Crippen LogP contribution in [0.25, 0.3) is 5.57 Å². The van der Waals surface area contributed by atoms with Crippen LogP contribution in [0.4, 0.5) is 10.1 Å². The summed E-state index contributed by atoms with van der Waals surface area (Å²) in [5.41, 5.74) is 3.56. The second kappa shape index (κ2) is 17.5. The first-order valence-electron chi connectivity index (χ1n) is 15.8. The third kappa shape index (κ3) is 10.0. The SMILES string of the molecule is C/N=C\C(=C/NC)c1cc(F)cc(CCOCCC(=O)N(CCNCCc2ccc(O)c3c2OCC(=O)N3)C2CCCCC2)c1. The average molecular weight is 624 g/mol. The monoisotopic (exact) mass is 623 g/mol. The summed E-state index contributed by atoms with van der Waals surface area (Å²) in [6, 6.07) is 8.53. The quantitative estimate of drug-likeness (QED) is 0.126. The van der Waals surface area contributed by atoms with Crippen molar-refractivity contribution in [3.05, 3.63) is 59.0 Å². The molecule has 0 unspecified atom stereocenters. The molecule has 0 saturated heterocycles. The number of hydrogen-bond acceptors (Lipinski definition) is 8. The van der Waals surface area contributed by atoms with Crippen LogP contribution in [0.15, 0.2) is 41.5 Å². The Morgan fingerprint density at radius 1 is 1.18 bits per heavy atom. The van der Waals surface area contributed by atoms with E-state index in [1.165, 1.54) is 18.6 Å². The van der Waals surface area contributed by atoms with Gasteiger partial charge in [0.1, 0.15) is 17.3 Å². The van der Waals surface area contributed by atoms with Gasteiger partial charge >= 0.3 is 0 Å². The van der Waals surface area contributed by atoms with Crippen LogP contribution < -0.4 is 20.7 Å². The van der Waals surface area contributed by atoms with Crippen molar-refractivity contribution in [3.8, 4) is 11.5 Å². The van der Waals surface area contributed by atoms with Crippen LogP contribution in [0, 0.1) is 5.82 Å². The fourth-order valence-corrected chi connectivity index (χ4v) is 5.91. The number of aromatic hydroxyl groups is 1. The first kappa shape index (κ1) is 33.9. The van der Waals surface area contributed by atoms with Gasteiger partial charge in [0.2, 0.25) is 5.91 Å². The number of benzene rings is 2. The summed E-state index contributed by atoms with van der Waals surface area (Å²) in [6.45, 7) is 2.55. The van der Waals surface area contributed by atoms with E-state index in [-0.39, 0.29) is 36.0 Å². The number of nitrogens with zero attached hydrogens (tertiary/aromatic N) is 2. The lowest BCUT2D eigenvalue weighted by atomic mass is 9.94. The molecule has 10 nitrogen and oxygen atoms in total. The number of anilines is 1. The number of rotatable bonds is 16. The number of hydrogen-bond donors (Lipinski definition) is 4. The predicted octanol–water partition coefficient (Wildman–Crippen LogP) is 4.07. The molecule has 2 aromatic rings. The fraction of sp³-hybridized carbons (Fsp3) is 0.500. The van der Waals surface area contributed by atoms with Crippen molar-refractivity contribution in [1.82, 2.24) is 15.5 Å². The normalized spacial score (nSPS) is 15.4. The molecule has 244 valence electrons. The fourth-order valence-electron chi connectivity index (χ4n) is 5.91. The topological polar surface area (TPSA) is 125 Å². The average Bonchev–Trinajstić information content (AvgIpc) is 3.03. The number of phenols is 1. The maximum absolute atomic E-state index is 14.3. The second-order valence-corrected chi connectivity index (χ2v) is 11.4. The predicted molar refractivity (Wildman–Crippen MR) is 174 cm³/mol. The molecule has 0 aromatic heterocycles. The van der Waals surface area contributed by atoms with Crippen LogP contribution in [0.1, 0.15) is 55.2 Å². The first-order valence-corrected chi connectivity index (χ1v) is 15.8. The Morgan fingerprint density at radius 3 is 2.78 bits per heavy atom. The Labute approximate surface area is 265 Å². The second-order valence-electron chi connectivity index (χ2n) is 11.4. The Kier molecular flexibility index (Phi) is 13.2. The van der Waals surface area contributed by atoms with Crippen molar-refractivity contribution in [2.45, 2.75) is 57.4 Å². The van der Waals surface area contributed by atoms with Crippen LogP contribution in [-0.4, -0.2) is 87.6 Å². The number of aliphatic imine (C=N–C) groups is 1. The highest BCUT2D eigenvalue weighted by Crippen LogP contribution is 2.39. The van der Waals surface area contributed by atoms with E-state index in [1.807, 2.05) is 11.0 Å². The summed E-state index contributed by atoms with van der Waals surface area (Å²) in [7, 11) is 3.46. The number of ether oxygens (including phenoxy) is 2. The van der Waals surface area contributed by atoms with Gasteiger partial charge in [0.15, 0.2) is 12.4 Å². The smallest absolute Gasteiger partial charge is 0.262 e. The Hall–Kier alpha value is -3.96. The minimum absolute atomic E-state index is 0.0162. The van der Waals surface area contributed by atoms with E-state index in [2.05, 4.69) is 20.9 Å². The highest BCUT2D eigenvalue weighted by molar-refractivity contribution is 6.09. The van der Waals surface area contributed by atoms with Crippen molar-refractivity contribution in [2.75, 3.05) is 58.9 Å². The van der Waals surface area contributed by atoms with Crippen molar-refractivity contribution in [3.63, 3.8) is 0 Å². The summed E-state index contributed by atoms with van der Waals surface area (Å²) < 4.78 is 25.7. The molecule has 4 rings (SSSR count). The molecule has 2 aromatic carbocycles. The molecule has 0 radical (unpaired) electrons. The maximum atomic E-state index is 14.3. The number of amides is 2. The molecular weight excluding hydrogens is 577 g/mol. The molecule has 4 N–H and O–H groups in total. The number of phenolic OH excluding ortho intramolecular Hbond substituents is 1. The molecule has 1 aliphatic carbocycles. The molecule has 11 heteroatoms. The molecule has 1 saturated carbocycles. The Morgan fingerprint density at radius 2 is 2.00 bits per heavy atom. The lowest BCUT2D eigenvalue weighted by Gasteiger charge is -2.34. The van der Waals surface area contributed by atoms with Gasteiger partial charge < -0.3 is 35.4 Å². The van der Waals surface area contributed by atoms with Crippen LogP contribution in [-0.2, 0) is 27.2 Å². The van der Waals surface area contributed by atoms with E-state index < -0.39 is 0 Å². The van der Waals surface area contributed by atoms with E-state index in [1.54, 1.807) is 38.6 Å². The van der Waals surface area contributed by atoms with Gasteiger partial charge in [-0.05, 0) is 67.1 Å². The van der Waals surface area contributed by atoms with Gasteiger partial charge in [0, 0.05) is 51.2 Å². The lowest BCUT2D eigenvalue weighted by molar-refractivity contribution is -0.135. The summed E-state index contributed by atoms with van der Waals surface area (Å²) in [6.07, 6.45) is 10.5. The molecule has 1 heterocycles. The van der Waals surface area contributed by atoms with Crippen LogP contribution in [0.3, 0.4) is 0 Å². The summed E-state index contributed by atoms with van der Waals surface area (Å²) in [5.74, 6) is -0.0206. The van der Waals surface area contributed by atoms with Gasteiger partial charge in [-0.15, -0.1) is 0 Å². The number of fused-ring (bicyclic) bond motifs is 1. The number of carbonyl (C=O) groups excluding carboxylic acids is 2. The minimum Gasteiger partial charge on any atom is -0.506 e. The maximum Gasteiger partial charge on any atom is 0.262 e. The molecule has 45 heavy (non-hydrogen) atoms. The van der Waals surface area contributed by atoms with E-state index >= 15 is 0 Å². The van der Waals surface area contributed by atoms with E-state index in [0.29, 0.717) is 63.5 Å². The Bertz CT molecular complexity index is 1360. The van der Waals surface area contributed by atoms with Crippen LogP contribution in [0.5, 0.6) is 11.5 Å². The van der Waals surface area contributed by atoms with Gasteiger partial charge in [-0.2, -0.15) is 0 Å². The molecule has 2 aliphatic rings. The molecular formula is C34H46FN5O5. The highest BCUT2D eigenvalue weighted by Gasteiger charge is 2.25. The van der Waals surface area contributed by atoms with E-state index in [9.17, 15) is 19.1 Å². The highest BCUT2D eigenvalue weighted by atomic mass is 19.1. The van der Waals surface area contributed by atoms with Crippen molar-refractivity contribution in [1.29, 1.82) is 0 Å². The molecule has 1 aliphatic heterocycles. The zero-order valence-electron chi connectivity index (χ0n) is 26.4. The van der Waals surface area contributed by atoms with Crippen molar-refractivity contribution >= 4 is 29.3 Å². The minimum atomic E-state index is -0.315. The van der Waals surface area contributed by atoms with Crippen LogP contribution in [0.2, 0.25) is 0 Å². The van der Waals surface area contributed by atoms with Crippen LogP contribution >= 0.6 is 0 Å². The van der Waals surface area contributed by atoms with Crippen molar-refractivity contribution in [2.24, 2.45) is 4.99 Å². The molecule has 0 spiro atoms. The molecule has 1 fully saturated rings. The number of nitrogens with one attached hydrogen (secondary N) is 3. The molecule has 2 amide bonds. The Balaban J connectivity index is 1.23. The summed E-state index contributed by atoms with van der Waals surface area (Å²) in [4.78, 5) is 31.1. The summed E-state index contributed by atoms with van der Waals surface area (Å²) >= 11 is 0. The van der Waals surface area contributed by atoms with Gasteiger partial charge in [-0.3, -0.25) is 14.6 Å².